The van der Waals surface area contributed by atoms with Crippen molar-refractivity contribution in [3.05, 3.63) is 98.4 Å². The number of aryl methyl sites for hydroxylation is 1. The lowest BCUT2D eigenvalue weighted by molar-refractivity contribution is -0.123. The van der Waals surface area contributed by atoms with Gasteiger partial charge >= 0.3 is 10.1 Å². The van der Waals surface area contributed by atoms with Crippen LogP contribution in [0.3, 0.4) is 0 Å². The summed E-state index contributed by atoms with van der Waals surface area (Å²) < 4.78 is 30.1. The Morgan fingerprint density at radius 2 is 1.74 bits per heavy atom. The highest BCUT2D eigenvalue weighted by molar-refractivity contribution is 8.18. The number of amides is 2. The van der Waals surface area contributed by atoms with Gasteiger partial charge in [0.05, 0.1) is 16.5 Å². The summed E-state index contributed by atoms with van der Waals surface area (Å²) in [6, 6.07) is 17.5. The topological polar surface area (TPSA) is 80.8 Å². The van der Waals surface area contributed by atoms with Gasteiger partial charge < -0.3 is 4.18 Å². The van der Waals surface area contributed by atoms with Gasteiger partial charge in [0.2, 0.25) is 0 Å². The molecule has 3 aromatic carbocycles. The number of nitrogens with zero attached hydrogens (tertiary/aromatic N) is 1. The van der Waals surface area contributed by atoms with Crippen molar-refractivity contribution in [3.8, 4) is 5.75 Å². The quantitative estimate of drug-likeness (QED) is 0.273. The Morgan fingerprint density at radius 1 is 1.00 bits per heavy atom. The molecule has 0 atom stereocenters. The maximum absolute atomic E-state index is 12.8. The van der Waals surface area contributed by atoms with Crippen molar-refractivity contribution in [2.24, 2.45) is 0 Å². The van der Waals surface area contributed by atoms with E-state index in [-0.39, 0.29) is 32.4 Å². The van der Waals surface area contributed by atoms with Crippen molar-refractivity contribution in [2.45, 2.75) is 18.4 Å². The Kier molecular flexibility index (Phi) is 7.04. The number of rotatable bonds is 6. The highest BCUT2D eigenvalue weighted by atomic mass is 35.5. The van der Waals surface area contributed by atoms with Crippen LogP contribution in [0.5, 0.6) is 5.75 Å². The number of carbonyl (C=O) groups is 2. The molecule has 0 spiro atoms. The van der Waals surface area contributed by atoms with Gasteiger partial charge in [0.15, 0.2) is 5.75 Å². The van der Waals surface area contributed by atoms with Crippen molar-refractivity contribution in [1.29, 1.82) is 0 Å². The molecule has 0 aliphatic carbocycles. The summed E-state index contributed by atoms with van der Waals surface area (Å²) in [4.78, 5) is 26.6. The monoisotopic (exact) mass is 533 g/mol. The Hall–Kier alpha value is -2.78. The second kappa shape index (κ2) is 9.84. The maximum Gasteiger partial charge on any atom is 0.339 e. The molecule has 1 aliphatic rings. The fraction of sp³-hybridized carbons (Fsp3) is 0.0833. The van der Waals surface area contributed by atoms with Crippen LogP contribution >= 0.6 is 35.0 Å². The SMILES string of the molecule is Cc1cccc(CN2C(=O)S/C(=C\c3ccc(OS(=O)(=O)c4ccc(Cl)cc4)c(Cl)c3)C2=O)c1. The molecule has 174 valence electrons. The first kappa shape index (κ1) is 24.3. The third-order valence-electron chi connectivity index (χ3n) is 4.85. The molecule has 1 fully saturated rings. The van der Waals surface area contributed by atoms with E-state index in [2.05, 4.69) is 0 Å². The Morgan fingerprint density at radius 3 is 2.41 bits per heavy atom. The maximum atomic E-state index is 12.8. The molecule has 2 amide bonds. The zero-order valence-electron chi connectivity index (χ0n) is 17.7. The number of hydrogen-bond acceptors (Lipinski definition) is 6. The van der Waals surface area contributed by atoms with Gasteiger partial charge in [-0.05, 0) is 72.3 Å². The fourth-order valence-corrected chi connectivity index (χ4v) is 5.41. The van der Waals surface area contributed by atoms with E-state index in [0.717, 1.165) is 22.9 Å². The molecule has 4 rings (SSSR count). The van der Waals surface area contributed by atoms with Gasteiger partial charge in [-0.15, -0.1) is 0 Å². The van der Waals surface area contributed by atoms with E-state index >= 15 is 0 Å². The summed E-state index contributed by atoms with van der Waals surface area (Å²) in [6.07, 6.45) is 1.53. The second-order valence-electron chi connectivity index (χ2n) is 7.44. The van der Waals surface area contributed by atoms with Gasteiger partial charge in [-0.25, -0.2) is 0 Å². The molecule has 3 aromatic rings. The lowest BCUT2D eigenvalue weighted by Gasteiger charge is -2.12. The number of halogens is 2. The van der Waals surface area contributed by atoms with Gasteiger partial charge in [0.25, 0.3) is 11.1 Å². The predicted molar refractivity (Wildman–Crippen MR) is 133 cm³/mol. The molecule has 0 N–H and O–H groups in total. The summed E-state index contributed by atoms with van der Waals surface area (Å²) in [6.45, 7) is 2.12. The van der Waals surface area contributed by atoms with E-state index in [4.69, 9.17) is 27.4 Å². The second-order valence-corrected chi connectivity index (χ2v) is 10.8. The van der Waals surface area contributed by atoms with Crippen LogP contribution in [0.2, 0.25) is 10.0 Å². The molecular formula is C24H17Cl2NO5S2. The summed E-state index contributed by atoms with van der Waals surface area (Å²) in [7, 11) is -4.11. The average molecular weight is 534 g/mol. The van der Waals surface area contributed by atoms with E-state index in [1.807, 2.05) is 31.2 Å². The van der Waals surface area contributed by atoms with Crippen LogP contribution in [0.1, 0.15) is 16.7 Å². The lowest BCUT2D eigenvalue weighted by atomic mass is 10.1. The molecule has 6 nitrogen and oxygen atoms in total. The first-order valence-electron chi connectivity index (χ1n) is 9.93. The molecule has 1 heterocycles. The normalized spacial score (nSPS) is 15.3. The minimum atomic E-state index is -4.11. The van der Waals surface area contributed by atoms with Crippen LogP contribution in [0.25, 0.3) is 6.08 Å². The highest BCUT2D eigenvalue weighted by Crippen LogP contribution is 2.35. The van der Waals surface area contributed by atoms with Gasteiger partial charge in [0, 0.05) is 5.02 Å². The Labute approximate surface area is 211 Å². The zero-order valence-corrected chi connectivity index (χ0v) is 20.8. The average Bonchev–Trinajstić information content (AvgIpc) is 3.03. The zero-order chi connectivity index (χ0) is 24.5. The largest absolute Gasteiger partial charge is 0.377 e. The van der Waals surface area contributed by atoms with Gasteiger partial charge in [-0.3, -0.25) is 14.5 Å². The molecule has 1 aliphatic heterocycles. The van der Waals surface area contributed by atoms with Crippen LogP contribution in [0.15, 0.2) is 76.5 Å². The van der Waals surface area contributed by atoms with Gasteiger partial charge in [0.1, 0.15) is 4.90 Å². The minimum absolute atomic E-state index is 0.0327. The van der Waals surface area contributed by atoms with Crippen molar-refractivity contribution >= 4 is 62.3 Å². The van der Waals surface area contributed by atoms with Crippen molar-refractivity contribution in [1.82, 2.24) is 4.90 Å². The van der Waals surface area contributed by atoms with Crippen LogP contribution in [0.4, 0.5) is 4.79 Å². The van der Waals surface area contributed by atoms with Crippen LogP contribution < -0.4 is 4.18 Å². The van der Waals surface area contributed by atoms with Gasteiger partial charge in [-0.2, -0.15) is 8.42 Å². The molecule has 0 aromatic heterocycles. The third-order valence-corrected chi connectivity index (χ3v) is 7.56. The molecule has 0 bridgehead atoms. The minimum Gasteiger partial charge on any atom is -0.377 e. The summed E-state index contributed by atoms with van der Waals surface area (Å²) in [5, 5.41) is 0.0628. The molecule has 1 saturated heterocycles. The third kappa shape index (κ3) is 5.47. The van der Waals surface area contributed by atoms with E-state index in [1.165, 1.54) is 47.4 Å². The van der Waals surface area contributed by atoms with Crippen LogP contribution in [-0.4, -0.2) is 24.5 Å². The summed E-state index contributed by atoms with van der Waals surface area (Å²) in [5.74, 6) is -0.473. The predicted octanol–water partition coefficient (Wildman–Crippen LogP) is 6.31. The van der Waals surface area contributed by atoms with Crippen molar-refractivity contribution < 1.29 is 22.2 Å². The van der Waals surface area contributed by atoms with E-state index in [9.17, 15) is 18.0 Å². The van der Waals surface area contributed by atoms with E-state index in [1.54, 1.807) is 6.07 Å². The number of carbonyl (C=O) groups excluding carboxylic acids is 2. The number of imide groups is 1. The molecule has 34 heavy (non-hydrogen) atoms. The van der Waals surface area contributed by atoms with E-state index < -0.39 is 16.0 Å². The van der Waals surface area contributed by atoms with Crippen LogP contribution in [-0.2, 0) is 21.5 Å². The molecule has 0 saturated carbocycles. The smallest absolute Gasteiger partial charge is 0.339 e. The molecule has 10 heteroatoms. The van der Waals surface area contributed by atoms with Crippen molar-refractivity contribution in [2.75, 3.05) is 0 Å². The highest BCUT2D eigenvalue weighted by Gasteiger charge is 2.35. The van der Waals surface area contributed by atoms with Crippen LogP contribution in [0, 0.1) is 6.92 Å². The standard InChI is InChI=1S/C24H17Cl2NO5S2/c1-15-3-2-4-17(11-15)14-27-23(28)22(33-24(27)29)13-16-5-10-21(20(26)12-16)32-34(30,31)19-8-6-18(25)7-9-19/h2-13H,14H2,1H3/b22-13-. The fourth-order valence-electron chi connectivity index (χ4n) is 3.22. The van der Waals surface area contributed by atoms with Gasteiger partial charge in [-0.1, -0.05) is 59.1 Å². The first-order chi connectivity index (χ1) is 16.1. The number of benzene rings is 3. The first-order valence-corrected chi connectivity index (χ1v) is 12.9. The Bertz CT molecular complexity index is 1420. The summed E-state index contributed by atoms with van der Waals surface area (Å²) in [5.41, 5.74) is 2.41. The lowest BCUT2D eigenvalue weighted by Crippen LogP contribution is -2.27. The number of hydrogen-bond donors (Lipinski definition) is 0. The molecule has 0 unspecified atom stereocenters. The Balaban J connectivity index is 1.51. The number of thioether (sulfide) groups is 1. The molecule has 0 radical (unpaired) electrons. The van der Waals surface area contributed by atoms with Crippen molar-refractivity contribution in [3.63, 3.8) is 0 Å². The summed E-state index contributed by atoms with van der Waals surface area (Å²) >= 11 is 12.9. The van der Waals surface area contributed by atoms with E-state index in [0.29, 0.717) is 10.6 Å². The molecular weight excluding hydrogens is 517 g/mol.